The molecular weight excluding hydrogens is 490 g/mol. The second-order valence-corrected chi connectivity index (χ2v) is 10.5. The van der Waals surface area contributed by atoms with Crippen LogP contribution in [0.3, 0.4) is 0 Å². The summed E-state index contributed by atoms with van der Waals surface area (Å²) in [5.74, 6) is -0.278. The second kappa shape index (κ2) is 12.1. The average Bonchev–Trinajstić information content (AvgIpc) is 3.23. The molecule has 1 heterocycles. The van der Waals surface area contributed by atoms with Crippen LogP contribution in [0.4, 0.5) is 16.2 Å². The summed E-state index contributed by atoms with van der Waals surface area (Å²) in [7, 11) is 4.06. The van der Waals surface area contributed by atoms with Gasteiger partial charge in [0.1, 0.15) is 5.60 Å². The summed E-state index contributed by atoms with van der Waals surface area (Å²) >= 11 is 6.07. The number of aryl methyl sites for hydroxylation is 1. The van der Waals surface area contributed by atoms with Crippen LogP contribution in [0.1, 0.15) is 43.1 Å². The van der Waals surface area contributed by atoms with E-state index in [2.05, 4.69) is 15.5 Å². The van der Waals surface area contributed by atoms with Crippen LogP contribution < -0.4 is 10.6 Å². The molecule has 0 fully saturated rings. The Morgan fingerprint density at radius 2 is 1.78 bits per heavy atom. The van der Waals surface area contributed by atoms with Crippen molar-refractivity contribution in [3.63, 3.8) is 0 Å². The topological polar surface area (TPSA) is 99.5 Å². The summed E-state index contributed by atoms with van der Waals surface area (Å²) in [4.78, 5) is 27.7. The molecule has 1 aromatic heterocycles. The minimum Gasteiger partial charge on any atom is -0.444 e. The van der Waals surface area contributed by atoms with E-state index < -0.39 is 11.7 Å². The number of anilines is 2. The van der Waals surface area contributed by atoms with Crippen LogP contribution in [0.25, 0.3) is 11.1 Å². The highest BCUT2D eigenvalue weighted by molar-refractivity contribution is 6.30. The molecule has 2 aromatic carbocycles. The number of nitrogens with zero attached hydrogens (tertiary/aromatic N) is 2. The van der Waals surface area contributed by atoms with Gasteiger partial charge in [0.2, 0.25) is 0 Å². The van der Waals surface area contributed by atoms with Crippen molar-refractivity contribution in [2.24, 2.45) is 0 Å². The van der Waals surface area contributed by atoms with Gasteiger partial charge >= 0.3 is 6.09 Å². The van der Waals surface area contributed by atoms with E-state index in [4.69, 9.17) is 21.7 Å². The first-order valence-electron chi connectivity index (χ1n) is 12.0. The van der Waals surface area contributed by atoms with Gasteiger partial charge < -0.3 is 24.9 Å². The van der Waals surface area contributed by atoms with Gasteiger partial charge in [-0.3, -0.25) is 10.1 Å². The van der Waals surface area contributed by atoms with E-state index in [1.807, 2.05) is 43.2 Å². The fourth-order valence-corrected chi connectivity index (χ4v) is 3.86. The van der Waals surface area contributed by atoms with Crippen LogP contribution in [0.15, 0.2) is 54.9 Å². The van der Waals surface area contributed by atoms with Crippen LogP contribution in [-0.4, -0.2) is 53.9 Å². The van der Waals surface area contributed by atoms with Crippen molar-refractivity contribution in [1.29, 1.82) is 5.41 Å². The molecule has 0 unspecified atom stereocenters. The standard InChI is InChI=1S/C28H34ClN5O3/c1-28(2,3)37-27(36)32-25-12-11-22(15-20(25)16-30)31-26(35)24-18-34(14-6-13-33(4)5)17-23(24)19-7-9-21(29)10-8-19/h7-12,15-18,30H,6,13-14H2,1-5H3,(H,31,35)(H,32,36). The Labute approximate surface area is 223 Å². The number of carbonyl (C=O) groups excluding carboxylic acids is 2. The first kappa shape index (κ1) is 28.0. The third-order valence-corrected chi connectivity index (χ3v) is 5.65. The van der Waals surface area contributed by atoms with Crippen molar-refractivity contribution < 1.29 is 14.3 Å². The minimum absolute atomic E-state index is 0.278. The molecule has 8 nitrogen and oxygen atoms in total. The van der Waals surface area contributed by atoms with Crippen molar-refractivity contribution in [3.8, 4) is 11.1 Å². The smallest absolute Gasteiger partial charge is 0.412 e. The summed E-state index contributed by atoms with van der Waals surface area (Å²) in [6.45, 7) is 7.03. The van der Waals surface area contributed by atoms with Crippen LogP contribution >= 0.6 is 11.6 Å². The Hall–Kier alpha value is -3.62. The lowest BCUT2D eigenvalue weighted by atomic mass is 10.0. The summed E-state index contributed by atoms with van der Waals surface area (Å²) in [6.07, 6.45) is 5.27. The van der Waals surface area contributed by atoms with E-state index in [1.54, 1.807) is 51.1 Å². The molecule has 3 rings (SSSR count). The predicted molar refractivity (Wildman–Crippen MR) is 150 cm³/mol. The summed E-state index contributed by atoms with van der Waals surface area (Å²) in [5.41, 5.74) is 2.92. The van der Waals surface area contributed by atoms with Gasteiger partial charge in [-0.1, -0.05) is 23.7 Å². The van der Waals surface area contributed by atoms with Gasteiger partial charge in [0.05, 0.1) is 11.3 Å². The fraction of sp³-hybridized carbons (Fsp3) is 0.321. The Bertz CT molecular complexity index is 1260. The number of benzene rings is 2. The first-order valence-corrected chi connectivity index (χ1v) is 12.4. The van der Waals surface area contributed by atoms with Gasteiger partial charge in [-0.05, 0) is 83.7 Å². The van der Waals surface area contributed by atoms with Gasteiger partial charge in [0, 0.05) is 47.0 Å². The van der Waals surface area contributed by atoms with E-state index in [9.17, 15) is 9.59 Å². The Kier molecular flexibility index (Phi) is 9.13. The van der Waals surface area contributed by atoms with E-state index in [-0.39, 0.29) is 5.91 Å². The lowest BCUT2D eigenvalue weighted by molar-refractivity contribution is 0.0635. The zero-order valence-electron chi connectivity index (χ0n) is 21.9. The van der Waals surface area contributed by atoms with E-state index in [1.165, 1.54) is 0 Å². The predicted octanol–water partition coefficient (Wildman–Crippen LogP) is 6.36. The molecule has 0 aliphatic rings. The van der Waals surface area contributed by atoms with E-state index in [0.717, 1.165) is 36.9 Å². The van der Waals surface area contributed by atoms with Crippen LogP contribution in [0.5, 0.6) is 0 Å². The summed E-state index contributed by atoms with van der Waals surface area (Å²) in [6, 6.07) is 12.3. The van der Waals surface area contributed by atoms with Crippen LogP contribution in [-0.2, 0) is 11.3 Å². The maximum Gasteiger partial charge on any atom is 0.412 e. The quantitative estimate of drug-likeness (QED) is 0.284. The highest BCUT2D eigenvalue weighted by Crippen LogP contribution is 2.28. The minimum atomic E-state index is -0.645. The lowest BCUT2D eigenvalue weighted by Crippen LogP contribution is -2.27. The van der Waals surface area contributed by atoms with Crippen molar-refractivity contribution in [2.75, 3.05) is 31.3 Å². The van der Waals surface area contributed by atoms with Gasteiger partial charge in [-0.2, -0.15) is 0 Å². The van der Waals surface area contributed by atoms with E-state index in [0.29, 0.717) is 27.5 Å². The van der Waals surface area contributed by atoms with Gasteiger partial charge in [0.15, 0.2) is 0 Å². The van der Waals surface area contributed by atoms with Crippen molar-refractivity contribution in [3.05, 3.63) is 71.0 Å². The largest absolute Gasteiger partial charge is 0.444 e. The second-order valence-electron chi connectivity index (χ2n) is 10.0. The van der Waals surface area contributed by atoms with Crippen LogP contribution in [0, 0.1) is 5.41 Å². The molecule has 9 heteroatoms. The third-order valence-electron chi connectivity index (χ3n) is 5.40. The SMILES string of the molecule is CN(C)CCCn1cc(C(=O)Nc2ccc(NC(=O)OC(C)(C)C)c(C=N)c2)c(-c2ccc(Cl)cc2)c1. The number of aromatic nitrogens is 1. The maximum absolute atomic E-state index is 13.4. The van der Waals surface area contributed by atoms with Crippen molar-refractivity contribution in [1.82, 2.24) is 9.47 Å². The molecule has 0 saturated carbocycles. The number of amides is 2. The monoisotopic (exact) mass is 523 g/mol. The normalized spacial score (nSPS) is 11.3. The zero-order valence-corrected chi connectivity index (χ0v) is 22.6. The summed E-state index contributed by atoms with van der Waals surface area (Å²) < 4.78 is 7.32. The molecule has 0 bridgehead atoms. The van der Waals surface area contributed by atoms with Gasteiger partial charge in [0.25, 0.3) is 5.91 Å². The molecule has 3 aromatic rings. The Balaban J connectivity index is 1.83. The number of rotatable bonds is 9. The van der Waals surface area contributed by atoms with Gasteiger partial charge in [-0.25, -0.2) is 4.79 Å². The third kappa shape index (κ3) is 8.20. The molecule has 0 atom stereocenters. The number of nitrogens with one attached hydrogen (secondary N) is 3. The average molecular weight is 524 g/mol. The zero-order chi connectivity index (χ0) is 27.2. The molecule has 0 aliphatic heterocycles. The molecule has 0 saturated heterocycles. The van der Waals surface area contributed by atoms with Gasteiger partial charge in [-0.15, -0.1) is 0 Å². The number of hydrogen-bond donors (Lipinski definition) is 3. The molecule has 196 valence electrons. The number of ether oxygens (including phenoxy) is 1. The lowest BCUT2D eigenvalue weighted by Gasteiger charge is -2.20. The molecule has 0 radical (unpaired) electrons. The van der Waals surface area contributed by atoms with Crippen LogP contribution in [0.2, 0.25) is 5.02 Å². The molecule has 3 N–H and O–H groups in total. The fourth-order valence-electron chi connectivity index (χ4n) is 3.73. The molecule has 37 heavy (non-hydrogen) atoms. The highest BCUT2D eigenvalue weighted by atomic mass is 35.5. The first-order chi connectivity index (χ1) is 17.4. The van der Waals surface area contributed by atoms with E-state index >= 15 is 0 Å². The number of carbonyl (C=O) groups is 2. The number of hydrogen-bond acceptors (Lipinski definition) is 5. The molecular formula is C28H34ClN5O3. The molecule has 0 spiro atoms. The molecule has 0 aliphatic carbocycles. The summed E-state index contributed by atoms with van der Waals surface area (Å²) in [5, 5.41) is 14.0. The van der Waals surface area contributed by atoms with Crippen molar-refractivity contribution in [2.45, 2.75) is 39.3 Å². The molecule has 2 amide bonds. The highest BCUT2D eigenvalue weighted by Gasteiger charge is 2.19. The Morgan fingerprint density at radius 3 is 2.41 bits per heavy atom. The van der Waals surface area contributed by atoms with Crippen molar-refractivity contribution >= 4 is 41.2 Å². The Morgan fingerprint density at radius 1 is 1.08 bits per heavy atom. The maximum atomic E-state index is 13.4. The number of halogens is 1.